The molecule has 6 heteroatoms. The van der Waals surface area contributed by atoms with E-state index in [0.717, 1.165) is 15.8 Å². The maximum absolute atomic E-state index is 6.03. The molecule has 0 aromatic carbocycles. The normalized spacial score (nSPS) is 13.0. The Labute approximate surface area is 99.6 Å². The molecule has 2 rings (SSSR count). The first-order valence-electron chi connectivity index (χ1n) is 4.53. The molecular formula is C9H10BrN3OS. The van der Waals surface area contributed by atoms with Crippen LogP contribution >= 0.6 is 27.3 Å². The van der Waals surface area contributed by atoms with E-state index in [2.05, 4.69) is 26.1 Å². The van der Waals surface area contributed by atoms with Crippen molar-refractivity contribution in [2.24, 2.45) is 5.73 Å². The van der Waals surface area contributed by atoms with Gasteiger partial charge in [-0.2, -0.15) is 4.98 Å². The van der Waals surface area contributed by atoms with E-state index in [0.29, 0.717) is 11.7 Å². The highest BCUT2D eigenvalue weighted by Gasteiger charge is 2.18. The summed E-state index contributed by atoms with van der Waals surface area (Å²) in [6, 6.07) is 1.64. The zero-order valence-corrected chi connectivity index (χ0v) is 10.5. The van der Waals surface area contributed by atoms with Crippen molar-refractivity contribution < 1.29 is 4.52 Å². The van der Waals surface area contributed by atoms with Crippen molar-refractivity contribution in [3.05, 3.63) is 32.5 Å². The Kier molecular flexibility index (Phi) is 3.18. The Hall–Kier alpha value is -0.720. The van der Waals surface area contributed by atoms with Gasteiger partial charge in [-0.05, 0) is 27.4 Å². The van der Waals surface area contributed by atoms with Gasteiger partial charge in [-0.25, -0.2) is 0 Å². The lowest BCUT2D eigenvalue weighted by molar-refractivity contribution is 0.375. The minimum Gasteiger partial charge on any atom is -0.339 e. The predicted molar refractivity (Wildman–Crippen MR) is 61.7 cm³/mol. The summed E-state index contributed by atoms with van der Waals surface area (Å²) >= 11 is 5.01. The molecule has 0 saturated carbocycles. The Morgan fingerprint density at radius 1 is 1.67 bits per heavy atom. The van der Waals surface area contributed by atoms with Gasteiger partial charge in [0, 0.05) is 15.8 Å². The summed E-state index contributed by atoms with van der Waals surface area (Å²) in [6.45, 7) is 1.96. The average Bonchev–Trinajstić information content (AvgIpc) is 2.84. The predicted octanol–water partition coefficient (Wildman–Crippen LogP) is 2.50. The van der Waals surface area contributed by atoms with Crippen molar-refractivity contribution in [3.63, 3.8) is 0 Å². The van der Waals surface area contributed by atoms with E-state index in [4.69, 9.17) is 10.3 Å². The fourth-order valence-corrected chi connectivity index (χ4v) is 2.80. The van der Waals surface area contributed by atoms with Crippen molar-refractivity contribution in [1.82, 2.24) is 10.1 Å². The smallest absolute Gasteiger partial charge is 0.226 e. The van der Waals surface area contributed by atoms with Gasteiger partial charge >= 0.3 is 0 Å². The molecule has 2 aromatic rings. The minimum absolute atomic E-state index is 0.316. The Balaban J connectivity index is 2.28. The van der Waals surface area contributed by atoms with Crippen LogP contribution in [0.4, 0.5) is 0 Å². The number of nitrogens with zero attached hydrogens (tertiary/aromatic N) is 2. The highest BCUT2D eigenvalue weighted by molar-refractivity contribution is 9.10. The number of aromatic nitrogens is 2. The number of halogens is 1. The fourth-order valence-electron chi connectivity index (χ4n) is 1.18. The van der Waals surface area contributed by atoms with E-state index in [1.165, 1.54) is 0 Å². The molecule has 0 spiro atoms. The van der Waals surface area contributed by atoms with Gasteiger partial charge in [-0.15, -0.1) is 11.3 Å². The molecule has 1 unspecified atom stereocenters. The summed E-state index contributed by atoms with van der Waals surface area (Å²) < 4.78 is 6.01. The van der Waals surface area contributed by atoms with Crippen LogP contribution in [0.3, 0.4) is 0 Å². The maximum atomic E-state index is 6.03. The maximum Gasteiger partial charge on any atom is 0.226 e. The molecule has 0 amide bonds. The summed E-state index contributed by atoms with van der Waals surface area (Å²) in [5, 5.41) is 5.83. The fraction of sp³-hybridized carbons (Fsp3) is 0.333. The molecule has 0 aliphatic carbocycles. The third kappa shape index (κ3) is 2.11. The lowest BCUT2D eigenvalue weighted by Crippen LogP contribution is -2.12. The standard InChI is InChI=1S/C9H10BrN3OS/c1-2-6-12-9(13-14-6)7(11)8-5(10)3-4-15-8/h3-4,7H,2,11H2,1H3. The zero-order valence-electron chi connectivity index (χ0n) is 8.11. The van der Waals surface area contributed by atoms with Crippen LogP contribution in [0.5, 0.6) is 0 Å². The van der Waals surface area contributed by atoms with Crippen molar-refractivity contribution in [1.29, 1.82) is 0 Å². The topological polar surface area (TPSA) is 64.9 Å². The number of nitrogens with two attached hydrogens (primary N) is 1. The summed E-state index contributed by atoms with van der Waals surface area (Å²) in [5.41, 5.74) is 6.03. The average molecular weight is 288 g/mol. The number of hydrogen-bond acceptors (Lipinski definition) is 5. The van der Waals surface area contributed by atoms with Crippen LogP contribution in [0.2, 0.25) is 0 Å². The summed E-state index contributed by atoms with van der Waals surface area (Å²) in [6.07, 6.45) is 0.728. The van der Waals surface area contributed by atoms with Crippen LogP contribution < -0.4 is 5.73 Å². The molecular weight excluding hydrogens is 278 g/mol. The van der Waals surface area contributed by atoms with Gasteiger partial charge in [0.1, 0.15) is 6.04 Å². The third-order valence-corrected chi connectivity index (χ3v) is 3.95. The van der Waals surface area contributed by atoms with E-state index < -0.39 is 0 Å². The molecule has 0 aliphatic rings. The molecule has 80 valence electrons. The van der Waals surface area contributed by atoms with Gasteiger partial charge < -0.3 is 10.3 Å². The first kappa shape index (κ1) is 10.8. The summed E-state index contributed by atoms with van der Waals surface area (Å²) in [4.78, 5) is 5.22. The zero-order chi connectivity index (χ0) is 10.8. The SMILES string of the molecule is CCc1nc(C(N)c2sccc2Br)no1. The molecule has 2 heterocycles. The minimum atomic E-state index is -0.316. The van der Waals surface area contributed by atoms with E-state index in [-0.39, 0.29) is 6.04 Å². The lowest BCUT2D eigenvalue weighted by atomic mass is 10.2. The summed E-state index contributed by atoms with van der Waals surface area (Å²) in [5.74, 6) is 1.16. The van der Waals surface area contributed by atoms with Gasteiger partial charge in [0.05, 0.1) is 0 Å². The Bertz CT molecular complexity index is 454. The number of hydrogen-bond donors (Lipinski definition) is 1. The Morgan fingerprint density at radius 3 is 3.00 bits per heavy atom. The van der Waals surface area contributed by atoms with Crippen molar-refractivity contribution in [3.8, 4) is 0 Å². The van der Waals surface area contributed by atoms with Crippen LogP contribution in [0.15, 0.2) is 20.4 Å². The highest BCUT2D eigenvalue weighted by atomic mass is 79.9. The monoisotopic (exact) mass is 287 g/mol. The van der Waals surface area contributed by atoms with E-state index in [1.807, 2.05) is 18.4 Å². The van der Waals surface area contributed by atoms with Gasteiger partial charge in [-0.3, -0.25) is 0 Å². The number of aryl methyl sites for hydroxylation is 1. The molecule has 2 aromatic heterocycles. The van der Waals surface area contributed by atoms with Crippen LogP contribution in [-0.4, -0.2) is 10.1 Å². The molecule has 0 bridgehead atoms. The molecule has 0 radical (unpaired) electrons. The molecule has 2 N–H and O–H groups in total. The van der Waals surface area contributed by atoms with Crippen LogP contribution in [0.1, 0.15) is 29.6 Å². The second kappa shape index (κ2) is 4.42. The Morgan fingerprint density at radius 2 is 2.47 bits per heavy atom. The van der Waals surface area contributed by atoms with E-state index >= 15 is 0 Å². The summed E-state index contributed by atoms with van der Waals surface area (Å²) in [7, 11) is 0. The molecule has 0 fully saturated rings. The van der Waals surface area contributed by atoms with Crippen molar-refractivity contribution in [2.45, 2.75) is 19.4 Å². The third-order valence-electron chi connectivity index (χ3n) is 1.99. The molecule has 4 nitrogen and oxygen atoms in total. The second-order valence-electron chi connectivity index (χ2n) is 3.01. The molecule has 15 heavy (non-hydrogen) atoms. The van der Waals surface area contributed by atoms with Gasteiger partial charge in [-0.1, -0.05) is 12.1 Å². The van der Waals surface area contributed by atoms with Gasteiger partial charge in [0.25, 0.3) is 0 Å². The molecule has 0 saturated heterocycles. The molecule has 0 aliphatic heterocycles. The highest BCUT2D eigenvalue weighted by Crippen LogP contribution is 2.30. The number of thiophene rings is 1. The van der Waals surface area contributed by atoms with Crippen molar-refractivity contribution in [2.75, 3.05) is 0 Å². The van der Waals surface area contributed by atoms with E-state index in [1.54, 1.807) is 11.3 Å². The first-order valence-corrected chi connectivity index (χ1v) is 6.20. The quantitative estimate of drug-likeness (QED) is 0.942. The first-order chi connectivity index (χ1) is 7.22. The lowest BCUT2D eigenvalue weighted by Gasteiger charge is -2.04. The molecule has 1 atom stereocenters. The van der Waals surface area contributed by atoms with Crippen LogP contribution in [0, 0.1) is 0 Å². The second-order valence-corrected chi connectivity index (χ2v) is 4.81. The van der Waals surface area contributed by atoms with Crippen LogP contribution in [-0.2, 0) is 6.42 Å². The van der Waals surface area contributed by atoms with Crippen LogP contribution in [0.25, 0.3) is 0 Å². The van der Waals surface area contributed by atoms with Crippen molar-refractivity contribution >= 4 is 27.3 Å². The van der Waals surface area contributed by atoms with E-state index in [9.17, 15) is 0 Å². The number of rotatable bonds is 3. The van der Waals surface area contributed by atoms with Gasteiger partial charge in [0.15, 0.2) is 5.82 Å². The largest absolute Gasteiger partial charge is 0.339 e. The van der Waals surface area contributed by atoms with Gasteiger partial charge in [0.2, 0.25) is 5.89 Å².